The van der Waals surface area contributed by atoms with E-state index < -0.39 is 22.4 Å². The molecular weight excluding hydrogens is 1680 g/mol. The Morgan fingerprint density at radius 3 is 1.00 bits per heavy atom. The first kappa shape index (κ1) is 99.8. The highest BCUT2D eigenvalue weighted by molar-refractivity contribution is 5.93. The minimum absolute atomic E-state index is 0.0163. The fourth-order valence-electron chi connectivity index (χ4n) is 36.5. The summed E-state index contributed by atoms with van der Waals surface area (Å²) in [7, 11) is 6.95. The van der Waals surface area contributed by atoms with E-state index in [-0.39, 0.29) is 63.4 Å². The number of aliphatic hydroxyl groups is 4. The van der Waals surface area contributed by atoms with Crippen LogP contribution in [-0.4, -0.2) is 166 Å². The summed E-state index contributed by atoms with van der Waals surface area (Å²) in [5, 5.41) is 64.5. The maximum Gasteiger partial charge on any atom is 0.162 e. The van der Waals surface area contributed by atoms with Gasteiger partial charge >= 0.3 is 0 Å². The number of methoxy groups -OCH3 is 3. The predicted molar refractivity (Wildman–Crippen MR) is 520 cm³/mol. The Labute approximate surface area is 802 Å². The molecule has 134 heavy (non-hydrogen) atoms. The lowest BCUT2D eigenvalue weighted by Crippen LogP contribution is -2.56. The highest BCUT2D eigenvalue weighted by Gasteiger charge is 2.68. The zero-order chi connectivity index (χ0) is 95.5. The third-order valence-corrected chi connectivity index (χ3v) is 43.8. The molecule has 32 atom stereocenters. The van der Waals surface area contributed by atoms with Crippen LogP contribution in [0.3, 0.4) is 0 Å². The number of Topliss-reactive ketones (excluding diaryl/α,β-unsaturated/α-hetero) is 5. The Morgan fingerprint density at radius 2 is 0.679 bits per heavy atom. The van der Waals surface area contributed by atoms with E-state index in [0.717, 1.165) is 181 Å². The number of hydrogen-bond donors (Lipinski definition) is 5. The first-order valence-corrected chi connectivity index (χ1v) is 53.7. The highest BCUT2D eigenvalue weighted by atomic mass is 16.5. The summed E-state index contributed by atoms with van der Waals surface area (Å²) in [5.41, 5.74) is 2.91. The van der Waals surface area contributed by atoms with Crippen molar-refractivity contribution in [3.05, 3.63) is 72.8 Å². The molecule has 22 nitrogen and oxygen atoms in total. The molecule has 4 aromatic rings. The molecule has 0 aromatic carbocycles. The van der Waals surface area contributed by atoms with Crippen molar-refractivity contribution >= 4 is 34.6 Å². The topological polar surface area (TPSA) is 286 Å². The lowest BCUT2D eigenvalue weighted by molar-refractivity contribution is -0.164. The maximum absolute atomic E-state index is 13.5. The molecule has 16 fully saturated rings. The Morgan fingerprint density at radius 1 is 0.373 bits per heavy atom. The number of rotatable bonds is 24. The number of fused-ring (bicyclic) bond motifs is 20. The smallest absolute Gasteiger partial charge is 0.162 e. The summed E-state index contributed by atoms with van der Waals surface area (Å²) >= 11 is 0. The molecule has 16 saturated carbocycles. The van der Waals surface area contributed by atoms with Gasteiger partial charge in [0, 0.05) is 81.9 Å². The summed E-state index contributed by atoms with van der Waals surface area (Å²) in [6.07, 6.45) is 55.4. The molecule has 16 aliphatic carbocycles. The van der Waals surface area contributed by atoms with Gasteiger partial charge in [-0.3, -0.25) is 42.7 Å². The second kappa shape index (κ2) is 38.3. The first-order chi connectivity index (χ1) is 63.6. The van der Waals surface area contributed by atoms with Gasteiger partial charge in [-0.05, 0) is 402 Å². The second-order valence-corrected chi connectivity index (χ2v) is 50.3. The molecule has 20 rings (SSSR count). The monoisotopic (exact) mass is 1850 g/mol. The summed E-state index contributed by atoms with van der Waals surface area (Å²) < 4.78 is 28.7. The number of ketones is 5. The van der Waals surface area contributed by atoms with Gasteiger partial charge in [-0.1, -0.05) is 68.9 Å². The molecule has 0 radical (unpaired) electrons. The van der Waals surface area contributed by atoms with Crippen molar-refractivity contribution in [1.82, 2.24) is 44.4 Å². The van der Waals surface area contributed by atoms with Crippen molar-refractivity contribution in [3.8, 4) is 5.75 Å². The minimum atomic E-state index is -0.658. The van der Waals surface area contributed by atoms with Gasteiger partial charge < -0.3 is 44.7 Å². The molecule has 16 aliphatic rings. The molecular formula is C112H173N9O13. The summed E-state index contributed by atoms with van der Waals surface area (Å²) in [4.78, 5) is 65.5. The SMILES string of the molecule is C=C(NC)c1cnn(CC(=O)[C@H]2CC[C@H]3[C@@H]4CC[C@H]5C[C@](C)(O)CC[C@]5(C)[C@H]4CC[C@]23C)c1.CCOc1cnn(CC(=O)[C@H]2CC[C@H]3[C@@H]4CC[C@H]5C[C@@](O)(COC)CC[C@]5(C)[C@H]4CC[C@]23C)c1.CCc1cnn(CC(=O)[C@H]2CC[C@H]3[C@@H]4CC[C@H]5C[C@@](O)(COC)CC[C@]5(C)[C@H]4CC[C@]23C)c1.COC[C@@]1(O)CC[C@@]2(C)[C@@H](CC[C@@H]3[C@@H]2CC[C@]2(C)[C@@H](C(=O)Cn4cc(C(C)=O)cn4)CC[C@@H]32)C1. The summed E-state index contributed by atoms with van der Waals surface area (Å²) in [6.45, 7) is 34.8. The largest absolute Gasteiger partial charge is 0.491 e. The minimum Gasteiger partial charge on any atom is -0.491 e. The average Bonchev–Trinajstić information content (AvgIpc) is 1.42. The number of nitrogens with zero attached hydrogens (tertiary/aromatic N) is 8. The van der Waals surface area contributed by atoms with Crippen LogP contribution < -0.4 is 10.1 Å². The Kier molecular flexibility index (Phi) is 28.5. The lowest BCUT2D eigenvalue weighted by atomic mass is 9.44. The zero-order valence-electron chi connectivity index (χ0n) is 85.2. The molecule has 0 saturated heterocycles. The highest BCUT2D eigenvalue weighted by Crippen LogP contribution is 2.74. The van der Waals surface area contributed by atoms with Gasteiger partial charge in [-0.2, -0.15) is 20.4 Å². The number of ether oxygens (including phenoxy) is 4. The normalized spacial score (nSPS) is 44.1. The van der Waals surface area contributed by atoms with E-state index in [1.165, 1.54) is 122 Å². The van der Waals surface area contributed by atoms with Crippen LogP contribution in [0.4, 0.5) is 0 Å². The fourth-order valence-corrected chi connectivity index (χ4v) is 36.5. The molecule has 5 N–H and O–H groups in total. The van der Waals surface area contributed by atoms with E-state index in [1.54, 1.807) is 60.2 Å². The molecule has 0 spiro atoms. The van der Waals surface area contributed by atoms with Crippen LogP contribution in [0.1, 0.15) is 336 Å². The molecule has 4 heterocycles. The van der Waals surface area contributed by atoms with Gasteiger partial charge in [0.1, 0.15) is 0 Å². The van der Waals surface area contributed by atoms with E-state index >= 15 is 0 Å². The Bertz CT molecular complexity index is 4850. The molecule has 22 heteroatoms. The quantitative estimate of drug-likeness (QED) is 0.0407. The van der Waals surface area contributed by atoms with Crippen molar-refractivity contribution in [2.24, 2.45) is 162 Å². The molecule has 744 valence electrons. The zero-order valence-corrected chi connectivity index (χ0v) is 85.2. The lowest BCUT2D eigenvalue weighted by Gasteiger charge is -2.62. The van der Waals surface area contributed by atoms with Gasteiger partial charge in [-0.25, -0.2) is 0 Å². The Balaban J connectivity index is 0.000000124. The Hall–Kier alpha value is -5.75. The third kappa shape index (κ3) is 18.3. The fraction of sp³-hybridized carbons (Fsp3) is 0.830. The van der Waals surface area contributed by atoms with Gasteiger partial charge in [0.05, 0.1) is 112 Å². The standard InChI is InChI=1S/C28H43N3O2.C28H42N2O4.C28H44N2O4.C28H44N2O3/c1-18(29-5)19-15-30-31(16-19)17-25(32)24-9-8-22-21-7-6-20-14-26(2,33)12-13-27(20,3)23(21)10-11-28(22,24)4;1-18(31)19-14-29-30(15-19)16-25(32)24-8-7-22-21-6-5-20-13-28(33,17-34-4)12-11-26(20,2)23(21)9-10-27(22,24)3;1-5-34-20-15-29-30(16-20)17-25(31)24-9-8-22-21-7-6-19-14-28(32,18-33-4)13-12-26(19,2)23(21)10-11-27(22,24)3;1-5-19-15-29-30(16-19)17-25(31)24-9-8-22-21-7-6-20-14-28(32,18-33-4)13-12-26(20,2)23(21)10-11-27(22,24)3/h15-16,20-24,29,33H,1,6-14,17H2,2-5H3;14-15,20-24,33H,5-13,16-17H2,1-4H3;15-16,19,21-24,32H,5-14,17-18H2,1-4H3;15-16,20-24,32H,5-14,17-18H2,1-4H3/t20-,21-,22-,23-,24+,26+,27-,28-;20-,21-,22-,23-,24+,26-,27-,28+;19-,21-,22-,23-,24+,26-,27-,28+;20-,21-,22-,23-,24+,26-,27-,28+/m0000/s1. The van der Waals surface area contributed by atoms with Crippen LogP contribution in [-0.2, 0) is 66.0 Å². The number of carbonyl (C=O) groups excluding carboxylic acids is 5. The van der Waals surface area contributed by atoms with Crippen molar-refractivity contribution in [3.63, 3.8) is 0 Å². The number of nitrogens with one attached hydrogen (secondary N) is 1. The van der Waals surface area contributed by atoms with E-state index in [2.05, 4.69) is 94.6 Å². The summed E-state index contributed by atoms with van der Waals surface area (Å²) in [5.74, 6) is 13.5. The molecule has 0 amide bonds. The van der Waals surface area contributed by atoms with E-state index in [0.29, 0.717) is 150 Å². The van der Waals surface area contributed by atoms with Crippen LogP contribution in [0.25, 0.3) is 5.70 Å². The van der Waals surface area contributed by atoms with Crippen LogP contribution >= 0.6 is 0 Å². The second-order valence-electron chi connectivity index (χ2n) is 50.3. The maximum atomic E-state index is 13.5. The molecule has 0 unspecified atom stereocenters. The number of aryl methyl sites for hydroxylation is 1. The van der Waals surface area contributed by atoms with Crippen LogP contribution in [0.15, 0.2) is 56.2 Å². The van der Waals surface area contributed by atoms with Gasteiger partial charge in [0.25, 0.3) is 0 Å². The molecule has 4 aromatic heterocycles. The third-order valence-electron chi connectivity index (χ3n) is 43.8. The van der Waals surface area contributed by atoms with Gasteiger partial charge in [0.15, 0.2) is 34.7 Å². The van der Waals surface area contributed by atoms with Crippen LogP contribution in [0, 0.1) is 162 Å². The van der Waals surface area contributed by atoms with Gasteiger partial charge in [-0.15, -0.1) is 0 Å². The predicted octanol–water partition coefficient (Wildman–Crippen LogP) is 19.7. The van der Waals surface area contributed by atoms with E-state index in [9.17, 15) is 44.4 Å². The van der Waals surface area contributed by atoms with Crippen molar-refractivity contribution in [2.45, 2.75) is 369 Å². The van der Waals surface area contributed by atoms with Crippen molar-refractivity contribution in [1.29, 1.82) is 0 Å². The van der Waals surface area contributed by atoms with Crippen LogP contribution in [0.2, 0.25) is 0 Å². The van der Waals surface area contributed by atoms with E-state index in [4.69, 9.17) is 18.9 Å². The first-order valence-electron chi connectivity index (χ1n) is 53.7. The van der Waals surface area contributed by atoms with Crippen molar-refractivity contribution in [2.75, 3.05) is 54.8 Å². The van der Waals surface area contributed by atoms with Crippen molar-refractivity contribution < 1.29 is 63.3 Å². The van der Waals surface area contributed by atoms with Gasteiger partial charge in [0.2, 0.25) is 0 Å². The summed E-state index contributed by atoms with van der Waals surface area (Å²) in [6, 6.07) is 0. The molecule has 0 bridgehead atoms. The number of hydrogen-bond acceptors (Lipinski definition) is 18. The average molecular weight is 1850 g/mol. The number of aromatic nitrogens is 8. The number of carbonyl (C=O) groups is 5. The van der Waals surface area contributed by atoms with Crippen LogP contribution in [0.5, 0.6) is 5.75 Å². The molecule has 0 aliphatic heterocycles. The van der Waals surface area contributed by atoms with E-state index in [1.807, 2.05) is 50.4 Å².